The molecule has 2 N–H and O–H groups in total. The molecule has 0 aromatic rings. The number of carbonyl (C=O) groups excluding carboxylic acids is 1. The lowest BCUT2D eigenvalue weighted by molar-refractivity contribution is -0.137. The number of nitrogens with zero attached hydrogens (tertiary/aromatic N) is 2. The first-order valence-corrected chi connectivity index (χ1v) is 8.86. The van der Waals surface area contributed by atoms with Gasteiger partial charge in [-0.2, -0.15) is 0 Å². The summed E-state index contributed by atoms with van der Waals surface area (Å²) in [4.78, 5) is 17.6. The number of nitrogens with two attached hydrogens (primary N) is 1. The summed E-state index contributed by atoms with van der Waals surface area (Å²) >= 11 is 5.15. The second-order valence-corrected chi connectivity index (χ2v) is 6.85. The van der Waals surface area contributed by atoms with Crippen molar-refractivity contribution in [1.29, 1.82) is 0 Å². The third-order valence-electron chi connectivity index (χ3n) is 4.99. The maximum absolute atomic E-state index is 12.6. The fourth-order valence-electron chi connectivity index (χ4n) is 3.68. The molecule has 0 spiro atoms. The molecule has 1 aliphatic carbocycles. The van der Waals surface area contributed by atoms with Gasteiger partial charge >= 0.3 is 0 Å². The largest absolute Gasteiger partial charge is 0.392 e. The van der Waals surface area contributed by atoms with Crippen molar-refractivity contribution in [3.05, 3.63) is 0 Å². The van der Waals surface area contributed by atoms with Crippen molar-refractivity contribution in [3.63, 3.8) is 0 Å². The molecule has 2 fully saturated rings. The van der Waals surface area contributed by atoms with E-state index in [0.717, 1.165) is 45.4 Å². The molecule has 0 aromatic carbocycles. The Morgan fingerprint density at radius 3 is 2.19 bits per heavy atom. The molecule has 0 aromatic heterocycles. The Balaban J connectivity index is 1.85. The maximum atomic E-state index is 12.6. The molecule has 2 aliphatic rings. The van der Waals surface area contributed by atoms with Crippen LogP contribution in [0.15, 0.2) is 0 Å². The fourth-order valence-corrected chi connectivity index (χ4v) is 3.99. The Morgan fingerprint density at radius 1 is 1.14 bits per heavy atom. The van der Waals surface area contributed by atoms with Gasteiger partial charge in [0, 0.05) is 32.1 Å². The van der Waals surface area contributed by atoms with Crippen LogP contribution in [-0.2, 0) is 4.79 Å². The molecular formula is C16H29N3OS. The predicted octanol–water partition coefficient (Wildman–Crippen LogP) is 2.17. The van der Waals surface area contributed by atoms with Gasteiger partial charge in [-0.25, -0.2) is 0 Å². The average molecular weight is 311 g/mol. The number of thiocarbonyl (C=S) groups is 1. The summed E-state index contributed by atoms with van der Waals surface area (Å²) in [7, 11) is 0. The van der Waals surface area contributed by atoms with Gasteiger partial charge in [0.25, 0.3) is 0 Å². The molecule has 120 valence electrons. The predicted molar refractivity (Wildman–Crippen MR) is 90.2 cm³/mol. The Hall–Kier alpha value is -0.680. The fraction of sp³-hybridized carbons (Fsp3) is 0.875. The smallest absolute Gasteiger partial charge is 0.225 e. The van der Waals surface area contributed by atoms with Crippen molar-refractivity contribution in [2.45, 2.75) is 57.9 Å². The summed E-state index contributed by atoms with van der Waals surface area (Å²) in [5.74, 6) is 0.663. The van der Waals surface area contributed by atoms with Crippen molar-refractivity contribution >= 4 is 23.1 Å². The van der Waals surface area contributed by atoms with Crippen LogP contribution in [0.2, 0.25) is 0 Å². The summed E-state index contributed by atoms with van der Waals surface area (Å²) in [5.41, 5.74) is 5.82. The highest BCUT2D eigenvalue weighted by Crippen LogP contribution is 2.25. The van der Waals surface area contributed by atoms with E-state index >= 15 is 0 Å². The third-order valence-corrected chi connectivity index (χ3v) is 5.26. The topological polar surface area (TPSA) is 49.6 Å². The van der Waals surface area contributed by atoms with E-state index in [1.165, 1.54) is 25.7 Å². The van der Waals surface area contributed by atoms with Gasteiger partial charge in [-0.15, -0.1) is 0 Å². The van der Waals surface area contributed by atoms with E-state index in [1.54, 1.807) is 0 Å². The molecule has 2 rings (SSSR count). The highest BCUT2D eigenvalue weighted by Gasteiger charge is 2.30. The van der Waals surface area contributed by atoms with E-state index in [4.69, 9.17) is 18.0 Å². The zero-order valence-electron chi connectivity index (χ0n) is 13.2. The number of hydrogen-bond acceptors (Lipinski definition) is 3. The van der Waals surface area contributed by atoms with Gasteiger partial charge in [0.15, 0.2) is 0 Å². The van der Waals surface area contributed by atoms with E-state index in [-0.39, 0.29) is 12.0 Å². The Kier molecular flexibility index (Phi) is 6.42. The first-order valence-electron chi connectivity index (χ1n) is 8.45. The minimum absolute atomic E-state index is 0.190. The molecule has 0 bridgehead atoms. The maximum Gasteiger partial charge on any atom is 0.225 e. The number of carbonyl (C=O) groups is 1. The zero-order chi connectivity index (χ0) is 15.2. The van der Waals surface area contributed by atoms with Crippen LogP contribution in [0.3, 0.4) is 0 Å². The Bertz CT molecular complexity index is 359. The van der Waals surface area contributed by atoms with Gasteiger partial charge in [0.1, 0.15) is 0 Å². The second kappa shape index (κ2) is 8.08. The monoisotopic (exact) mass is 311 g/mol. The van der Waals surface area contributed by atoms with Gasteiger partial charge in [-0.1, -0.05) is 44.8 Å². The van der Waals surface area contributed by atoms with Crippen molar-refractivity contribution in [2.24, 2.45) is 11.7 Å². The van der Waals surface area contributed by atoms with Crippen molar-refractivity contribution in [2.75, 3.05) is 26.2 Å². The van der Waals surface area contributed by atoms with E-state index in [9.17, 15) is 4.79 Å². The molecule has 1 amide bonds. The normalized spacial score (nSPS) is 23.6. The van der Waals surface area contributed by atoms with Crippen LogP contribution in [-0.4, -0.2) is 52.9 Å². The number of piperazine rings is 1. The Morgan fingerprint density at radius 2 is 1.71 bits per heavy atom. The van der Waals surface area contributed by atoms with Crippen LogP contribution in [0.1, 0.15) is 51.9 Å². The zero-order valence-corrected chi connectivity index (χ0v) is 14.0. The average Bonchev–Trinajstić information content (AvgIpc) is 2.76. The van der Waals surface area contributed by atoms with Gasteiger partial charge in [0.2, 0.25) is 5.91 Å². The summed E-state index contributed by atoms with van der Waals surface area (Å²) in [5, 5.41) is 0. The molecular weight excluding hydrogens is 282 g/mol. The third kappa shape index (κ3) is 4.39. The van der Waals surface area contributed by atoms with Crippen LogP contribution in [0, 0.1) is 5.92 Å². The quantitative estimate of drug-likeness (QED) is 0.638. The second-order valence-electron chi connectivity index (χ2n) is 6.38. The lowest BCUT2D eigenvalue weighted by Crippen LogP contribution is -2.55. The van der Waals surface area contributed by atoms with Crippen LogP contribution >= 0.6 is 12.2 Å². The lowest BCUT2D eigenvalue weighted by Gasteiger charge is -2.39. The van der Waals surface area contributed by atoms with Crippen LogP contribution < -0.4 is 5.73 Å². The molecule has 1 unspecified atom stereocenters. The van der Waals surface area contributed by atoms with Crippen LogP contribution in [0.25, 0.3) is 0 Å². The summed E-state index contributed by atoms with van der Waals surface area (Å²) in [6.45, 7) is 5.57. The standard InChI is InChI=1S/C16H29N3OS/c1-2-14(15(17)21)18-9-11-19(12-10-18)16(20)13-7-5-3-4-6-8-13/h13-14H,2-12H2,1H3,(H2,17,21). The lowest BCUT2D eigenvalue weighted by atomic mass is 9.98. The Labute approximate surface area is 134 Å². The summed E-state index contributed by atoms with van der Waals surface area (Å²) < 4.78 is 0. The SMILES string of the molecule is CCC(C(N)=S)N1CCN(C(=O)C2CCCCCC2)CC1. The van der Waals surface area contributed by atoms with E-state index in [2.05, 4.69) is 16.7 Å². The van der Waals surface area contributed by atoms with Crippen LogP contribution in [0.5, 0.6) is 0 Å². The molecule has 1 heterocycles. The molecule has 0 radical (unpaired) electrons. The number of hydrogen-bond donors (Lipinski definition) is 1. The summed E-state index contributed by atoms with van der Waals surface area (Å²) in [6, 6.07) is 0.190. The van der Waals surface area contributed by atoms with Crippen molar-refractivity contribution in [1.82, 2.24) is 9.80 Å². The highest BCUT2D eigenvalue weighted by atomic mass is 32.1. The summed E-state index contributed by atoms with van der Waals surface area (Å²) in [6.07, 6.45) is 8.15. The van der Waals surface area contributed by atoms with Crippen molar-refractivity contribution < 1.29 is 4.79 Å². The first-order chi connectivity index (χ1) is 10.1. The molecule has 1 atom stereocenters. The molecule has 1 aliphatic heterocycles. The van der Waals surface area contributed by atoms with E-state index in [0.29, 0.717) is 10.9 Å². The minimum atomic E-state index is 0.190. The minimum Gasteiger partial charge on any atom is -0.392 e. The van der Waals surface area contributed by atoms with Crippen LogP contribution in [0.4, 0.5) is 0 Å². The van der Waals surface area contributed by atoms with Gasteiger partial charge < -0.3 is 10.6 Å². The van der Waals surface area contributed by atoms with E-state index in [1.807, 2.05) is 0 Å². The molecule has 4 nitrogen and oxygen atoms in total. The number of amides is 1. The van der Waals surface area contributed by atoms with Gasteiger partial charge in [-0.3, -0.25) is 9.69 Å². The highest BCUT2D eigenvalue weighted by molar-refractivity contribution is 7.80. The molecule has 1 saturated carbocycles. The van der Waals surface area contributed by atoms with Gasteiger partial charge in [0.05, 0.1) is 11.0 Å². The molecule has 1 saturated heterocycles. The number of rotatable bonds is 4. The van der Waals surface area contributed by atoms with E-state index < -0.39 is 0 Å². The van der Waals surface area contributed by atoms with Crippen molar-refractivity contribution in [3.8, 4) is 0 Å². The molecule has 21 heavy (non-hydrogen) atoms. The molecule has 5 heteroatoms. The first kappa shape index (κ1) is 16.7. The van der Waals surface area contributed by atoms with Gasteiger partial charge in [-0.05, 0) is 19.3 Å².